The lowest BCUT2D eigenvalue weighted by Crippen LogP contribution is -2.41. The van der Waals surface area contributed by atoms with Crippen molar-refractivity contribution in [1.82, 2.24) is 4.90 Å². The van der Waals surface area contributed by atoms with Crippen LogP contribution in [0.15, 0.2) is 0 Å². The minimum absolute atomic E-state index is 0.263. The van der Waals surface area contributed by atoms with Crippen LogP contribution in [-0.2, 0) is 4.74 Å². The SMILES string of the molecule is CN(C)C1COCC(O)C1. The summed E-state index contributed by atoms with van der Waals surface area (Å²) in [5.41, 5.74) is 0. The summed E-state index contributed by atoms with van der Waals surface area (Å²) < 4.78 is 5.16. The van der Waals surface area contributed by atoms with Crippen LogP contribution in [0.5, 0.6) is 0 Å². The normalized spacial score (nSPS) is 34.8. The maximum atomic E-state index is 9.18. The molecular weight excluding hydrogens is 130 g/mol. The van der Waals surface area contributed by atoms with Gasteiger partial charge in [0.2, 0.25) is 0 Å². The van der Waals surface area contributed by atoms with Crippen molar-refractivity contribution in [1.29, 1.82) is 0 Å². The number of rotatable bonds is 1. The molecule has 0 amide bonds. The number of aliphatic hydroxyl groups is 1. The summed E-state index contributed by atoms with van der Waals surface area (Å²) in [6.07, 6.45) is 0.577. The van der Waals surface area contributed by atoms with Gasteiger partial charge in [-0.1, -0.05) is 0 Å². The first kappa shape index (κ1) is 7.98. The Balaban J connectivity index is 2.32. The van der Waals surface area contributed by atoms with E-state index in [9.17, 15) is 5.11 Å². The van der Waals surface area contributed by atoms with Crippen LogP contribution in [0.2, 0.25) is 0 Å². The molecule has 1 rings (SSSR count). The Hall–Kier alpha value is -0.120. The summed E-state index contributed by atoms with van der Waals surface area (Å²) >= 11 is 0. The highest BCUT2D eigenvalue weighted by Gasteiger charge is 2.21. The highest BCUT2D eigenvalue weighted by molar-refractivity contribution is 4.74. The van der Waals surface area contributed by atoms with Crippen molar-refractivity contribution >= 4 is 0 Å². The van der Waals surface area contributed by atoms with E-state index in [2.05, 4.69) is 4.90 Å². The molecule has 1 heterocycles. The van der Waals surface area contributed by atoms with Gasteiger partial charge < -0.3 is 14.7 Å². The zero-order valence-corrected chi connectivity index (χ0v) is 6.58. The van der Waals surface area contributed by atoms with E-state index in [-0.39, 0.29) is 6.10 Å². The minimum atomic E-state index is -0.263. The molecule has 2 atom stereocenters. The number of ether oxygens (including phenoxy) is 1. The summed E-state index contributed by atoms with van der Waals surface area (Å²) in [5, 5.41) is 9.18. The first-order valence-electron chi connectivity index (χ1n) is 3.62. The molecule has 1 fully saturated rings. The Morgan fingerprint density at radius 3 is 2.50 bits per heavy atom. The zero-order chi connectivity index (χ0) is 7.56. The van der Waals surface area contributed by atoms with Gasteiger partial charge in [0.25, 0.3) is 0 Å². The molecule has 2 unspecified atom stereocenters. The number of nitrogens with zero attached hydrogens (tertiary/aromatic N) is 1. The van der Waals surface area contributed by atoms with Crippen molar-refractivity contribution in [2.45, 2.75) is 18.6 Å². The van der Waals surface area contributed by atoms with Crippen LogP contribution in [0.4, 0.5) is 0 Å². The number of likely N-dealkylation sites (N-methyl/N-ethyl adjacent to an activating group) is 1. The summed E-state index contributed by atoms with van der Waals surface area (Å²) in [5.74, 6) is 0. The largest absolute Gasteiger partial charge is 0.391 e. The van der Waals surface area contributed by atoms with E-state index in [1.54, 1.807) is 0 Å². The molecule has 60 valence electrons. The van der Waals surface area contributed by atoms with E-state index in [0.29, 0.717) is 12.6 Å². The van der Waals surface area contributed by atoms with Gasteiger partial charge in [-0.2, -0.15) is 0 Å². The molecule has 3 heteroatoms. The molecule has 1 saturated heterocycles. The second-order valence-electron chi connectivity index (χ2n) is 3.04. The van der Waals surface area contributed by atoms with Gasteiger partial charge in [0, 0.05) is 6.04 Å². The van der Waals surface area contributed by atoms with Gasteiger partial charge >= 0.3 is 0 Å². The van der Waals surface area contributed by atoms with Crippen LogP contribution in [0.25, 0.3) is 0 Å². The van der Waals surface area contributed by atoms with Crippen molar-refractivity contribution in [3.8, 4) is 0 Å². The van der Waals surface area contributed by atoms with Crippen LogP contribution in [-0.4, -0.2) is 49.5 Å². The van der Waals surface area contributed by atoms with Crippen LogP contribution in [0.1, 0.15) is 6.42 Å². The molecule has 0 aromatic carbocycles. The quantitative estimate of drug-likeness (QED) is 0.550. The van der Waals surface area contributed by atoms with E-state index in [1.165, 1.54) is 0 Å². The smallest absolute Gasteiger partial charge is 0.0789 e. The second-order valence-corrected chi connectivity index (χ2v) is 3.04. The third-order valence-electron chi connectivity index (χ3n) is 1.89. The number of aliphatic hydroxyl groups excluding tert-OH is 1. The molecule has 3 nitrogen and oxygen atoms in total. The van der Waals surface area contributed by atoms with Crippen molar-refractivity contribution in [3.05, 3.63) is 0 Å². The lowest BCUT2D eigenvalue weighted by atomic mass is 10.1. The third kappa shape index (κ3) is 1.94. The van der Waals surface area contributed by atoms with Gasteiger partial charge in [0.05, 0.1) is 19.3 Å². The van der Waals surface area contributed by atoms with Gasteiger partial charge in [0.1, 0.15) is 0 Å². The Labute approximate surface area is 61.6 Å². The van der Waals surface area contributed by atoms with Crippen LogP contribution < -0.4 is 0 Å². The van der Waals surface area contributed by atoms with E-state index in [0.717, 1.165) is 13.0 Å². The first-order valence-corrected chi connectivity index (χ1v) is 3.62. The summed E-state index contributed by atoms with van der Waals surface area (Å²) in [4.78, 5) is 2.09. The van der Waals surface area contributed by atoms with Gasteiger partial charge in [-0.25, -0.2) is 0 Å². The van der Waals surface area contributed by atoms with E-state index in [1.807, 2.05) is 14.1 Å². The van der Waals surface area contributed by atoms with Crippen molar-refractivity contribution < 1.29 is 9.84 Å². The van der Waals surface area contributed by atoms with Crippen LogP contribution in [0, 0.1) is 0 Å². The fraction of sp³-hybridized carbons (Fsp3) is 1.00. The molecule has 0 saturated carbocycles. The molecule has 0 bridgehead atoms. The van der Waals surface area contributed by atoms with Crippen molar-refractivity contribution in [2.24, 2.45) is 0 Å². The van der Waals surface area contributed by atoms with Gasteiger partial charge in [0.15, 0.2) is 0 Å². The van der Waals surface area contributed by atoms with Gasteiger partial charge in [-0.05, 0) is 20.5 Å². The molecule has 0 aromatic rings. The molecule has 1 aliphatic heterocycles. The Bertz CT molecular complexity index is 106. The molecule has 1 N–H and O–H groups in total. The lowest BCUT2D eigenvalue weighted by Gasteiger charge is -2.30. The molecule has 0 aromatic heterocycles. The zero-order valence-electron chi connectivity index (χ0n) is 6.58. The molecule has 0 aliphatic carbocycles. The maximum absolute atomic E-state index is 9.18. The minimum Gasteiger partial charge on any atom is -0.391 e. The number of hydrogen-bond acceptors (Lipinski definition) is 3. The molecule has 10 heavy (non-hydrogen) atoms. The molecule has 0 radical (unpaired) electrons. The van der Waals surface area contributed by atoms with E-state index in [4.69, 9.17) is 4.74 Å². The molecular formula is C7H15NO2. The number of hydrogen-bond donors (Lipinski definition) is 1. The fourth-order valence-corrected chi connectivity index (χ4v) is 1.15. The van der Waals surface area contributed by atoms with Crippen molar-refractivity contribution in [3.63, 3.8) is 0 Å². The van der Waals surface area contributed by atoms with Crippen molar-refractivity contribution in [2.75, 3.05) is 27.3 Å². The van der Waals surface area contributed by atoms with E-state index < -0.39 is 0 Å². The average Bonchev–Trinajstić information content (AvgIpc) is 1.88. The predicted molar refractivity (Wildman–Crippen MR) is 38.9 cm³/mol. The maximum Gasteiger partial charge on any atom is 0.0789 e. The summed E-state index contributed by atoms with van der Waals surface area (Å²) in [6, 6.07) is 0.392. The third-order valence-corrected chi connectivity index (χ3v) is 1.89. The van der Waals surface area contributed by atoms with Gasteiger partial charge in [-0.3, -0.25) is 0 Å². The first-order chi connectivity index (χ1) is 4.70. The lowest BCUT2D eigenvalue weighted by molar-refractivity contribution is -0.0441. The predicted octanol–water partition coefficient (Wildman–Crippen LogP) is -0.302. The topological polar surface area (TPSA) is 32.7 Å². The van der Waals surface area contributed by atoms with Crippen LogP contribution in [0.3, 0.4) is 0 Å². The van der Waals surface area contributed by atoms with Gasteiger partial charge in [-0.15, -0.1) is 0 Å². The summed E-state index contributed by atoms with van der Waals surface area (Å²) in [7, 11) is 4.01. The Morgan fingerprint density at radius 1 is 1.40 bits per heavy atom. The van der Waals surface area contributed by atoms with E-state index >= 15 is 0 Å². The highest BCUT2D eigenvalue weighted by atomic mass is 16.5. The standard InChI is InChI=1S/C7H15NO2/c1-8(2)6-3-7(9)5-10-4-6/h6-7,9H,3-5H2,1-2H3. The fourth-order valence-electron chi connectivity index (χ4n) is 1.15. The molecule has 1 aliphatic rings. The Morgan fingerprint density at radius 2 is 2.10 bits per heavy atom. The highest BCUT2D eigenvalue weighted by Crippen LogP contribution is 2.10. The summed E-state index contributed by atoms with van der Waals surface area (Å²) in [6.45, 7) is 1.26. The Kier molecular flexibility index (Phi) is 2.65. The van der Waals surface area contributed by atoms with Crippen LogP contribution >= 0.6 is 0 Å². The second kappa shape index (κ2) is 3.32. The average molecular weight is 145 g/mol. The monoisotopic (exact) mass is 145 g/mol. The molecule has 0 spiro atoms.